The van der Waals surface area contributed by atoms with Crippen molar-refractivity contribution >= 4 is 5.91 Å². The fourth-order valence-electron chi connectivity index (χ4n) is 4.25. The minimum atomic E-state index is -0.0846. The largest absolute Gasteiger partial charge is 0.496 e. The molecule has 0 saturated carbocycles. The zero-order chi connectivity index (χ0) is 23.2. The van der Waals surface area contributed by atoms with Crippen LogP contribution in [0.4, 0.5) is 0 Å². The average Bonchev–Trinajstić information content (AvgIpc) is 2.87. The molecule has 6 nitrogen and oxygen atoms in total. The van der Waals surface area contributed by atoms with Crippen LogP contribution in [-0.4, -0.2) is 51.8 Å². The number of rotatable bonds is 8. The fourth-order valence-corrected chi connectivity index (χ4v) is 4.25. The summed E-state index contributed by atoms with van der Waals surface area (Å²) in [5, 5.41) is 3.06. The molecule has 33 heavy (non-hydrogen) atoms. The van der Waals surface area contributed by atoms with Crippen LogP contribution in [0.3, 0.4) is 0 Å². The molecule has 172 valence electrons. The fraction of sp³-hybridized carbons (Fsp3) is 0.296. The predicted molar refractivity (Wildman–Crippen MR) is 129 cm³/mol. The smallest absolute Gasteiger partial charge is 0.251 e. The third-order valence-corrected chi connectivity index (χ3v) is 6.06. The summed E-state index contributed by atoms with van der Waals surface area (Å²) < 4.78 is 16.4. The highest BCUT2D eigenvalue weighted by molar-refractivity contribution is 5.96. The molecule has 0 unspecified atom stereocenters. The highest BCUT2D eigenvalue weighted by Gasteiger charge is 2.19. The van der Waals surface area contributed by atoms with Crippen LogP contribution >= 0.6 is 0 Å². The van der Waals surface area contributed by atoms with Crippen LogP contribution in [0, 0.1) is 0 Å². The first-order valence-electron chi connectivity index (χ1n) is 11.1. The molecule has 3 aromatic rings. The van der Waals surface area contributed by atoms with E-state index in [0.29, 0.717) is 12.1 Å². The number of carbonyl (C=O) groups excluding carboxylic acids is 1. The van der Waals surface area contributed by atoms with Gasteiger partial charge < -0.3 is 19.5 Å². The summed E-state index contributed by atoms with van der Waals surface area (Å²) in [6, 6.07) is 19.6. The van der Waals surface area contributed by atoms with Crippen LogP contribution in [0.1, 0.15) is 21.5 Å². The van der Waals surface area contributed by atoms with Gasteiger partial charge in [-0.1, -0.05) is 30.3 Å². The number of ether oxygens (including phenoxy) is 3. The first kappa shape index (κ1) is 22.7. The van der Waals surface area contributed by atoms with E-state index in [1.807, 2.05) is 42.5 Å². The zero-order valence-electron chi connectivity index (χ0n) is 19.4. The lowest BCUT2D eigenvalue weighted by atomic mass is 9.99. The molecule has 3 aromatic carbocycles. The van der Waals surface area contributed by atoms with Gasteiger partial charge in [-0.25, -0.2) is 0 Å². The van der Waals surface area contributed by atoms with Gasteiger partial charge in [-0.15, -0.1) is 0 Å². The molecule has 0 atom stereocenters. The van der Waals surface area contributed by atoms with E-state index >= 15 is 0 Å². The minimum absolute atomic E-state index is 0.0846. The number of amides is 1. The van der Waals surface area contributed by atoms with E-state index in [9.17, 15) is 4.79 Å². The Kier molecular flexibility index (Phi) is 7.15. The summed E-state index contributed by atoms with van der Waals surface area (Å²) in [5.41, 5.74) is 5.08. The maximum Gasteiger partial charge on any atom is 0.251 e. The topological polar surface area (TPSA) is 60.0 Å². The number of fused-ring (bicyclic) bond motifs is 1. The Hall–Kier alpha value is -3.51. The van der Waals surface area contributed by atoms with Gasteiger partial charge >= 0.3 is 0 Å². The monoisotopic (exact) mass is 446 g/mol. The highest BCUT2D eigenvalue weighted by Crippen LogP contribution is 2.33. The molecule has 4 rings (SSSR count). The van der Waals surface area contributed by atoms with Crippen molar-refractivity contribution in [2.45, 2.75) is 13.0 Å². The number of nitrogens with one attached hydrogen (secondary N) is 1. The first-order chi connectivity index (χ1) is 16.1. The van der Waals surface area contributed by atoms with E-state index in [-0.39, 0.29) is 5.91 Å². The van der Waals surface area contributed by atoms with Crippen molar-refractivity contribution < 1.29 is 19.0 Å². The molecule has 1 aliphatic rings. The first-order valence-corrected chi connectivity index (χ1v) is 11.1. The number of hydrogen-bond donors (Lipinski definition) is 1. The van der Waals surface area contributed by atoms with Crippen molar-refractivity contribution in [2.24, 2.45) is 0 Å². The summed E-state index contributed by atoms with van der Waals surface area (Å²) in [6.45, 7) is 3.13. The minimum Gasteiger partial charge on any atom is -0.496 e. The molecule has 1 heterocycles. The van der Waals surface area contributed by atoms with E-state index in [2.05, 4.69) is 22.3 Å². The zero-order valence-corrected chi connectivity index (χ0v) is 19.4. The van der Waals surface area contributed by atoms with Gasteiger partial charge in [0.05, 0.1) is 21.3 Å². The Morgan fingerprint density at radius 3 is 2.27 bits per heavy atom. The number of methoxy groups -OCH3 is 3. The van der Waals surface area contributed by atoms with Crippen molar-refractivity contribution in [2.75, 3.05) is 41.0 Å². The van der Waals surface area contributed by atoms with Crippen molar-refractivity contribution in [3.05, 3.63) is 77.4 Å². The predicted octanol–water partition coefficient (Wildman–Crippen LogP) is 4.17. The van der Waals surface area contributed by atoms with Crippen molar-refractivity contribution in [3.8, 4) is 28.4 Å². The molecule has 1 N–H and O–H groups in total. The lowest BCUT2D eigenvalue weighted by molar-refractivity contribution is 0.0947. The standard InChI is InChI=1S/C27H30N2O4/c1-31-24-10-9-21(15-23(24)19-7-5-4-6-8-19)27(30)28-12-14-29-13-11-20-16-25(32-2)26(33-3)17-22(20)18-29/h4-10,15-17H,11-14,18H2,1-3H3,(H,28,30). The molecule has 0 bridgehead atoms. The Morgan fingerprint density at radius 2 is 1.58 bits per heavy atom. The normalized spacial score (nSPS) is 13.2. The molecule has 0 saturated heterocycles. The van der Waals surface area contributed by atoms with Crippen molar-refractivity contribution in [1.29, 1.82) is 0 Å². The highest BCUT2D eigenvalue weighted by atomic mass is 16.5. The van der Waals surface area contributed by atoms with Gasteiger partial charge in [0.2, 0.25) is 0 Å². The SMILES string of the molecule is COc1cc2c(cc1OC)CN(CCNC(=O)c1ccc(OC)c(-c3ccccc3)c1)CC2. The van der Waals surface area contributed by atoms with E-state index in [1.165, 1.54) is 11.1 Å². The van der Waals surface area contributed by atoms with Crippen LogP contribution in [-0.2, 0) is 13.0 Å². The second kappa shape index (κ2) is 10.4. The van der Waals surface area contributed by atoms with Crippen LogP contribution in [0.2, 0.25) is 0 Å². The quantitative estimate of drug-likeness (QED) is 0.563. The Morgan fingerprint density at radius 1 is 0.879 bits per heavy atom. The summed E-state index contributed by atoms with van der Waals surface area (Å²) in [7, 11) is 4.96. The van der Waals surface area contributed by atoms with Gasteiger partial charge in [-0.2, -0.15) is 0 Å². The number of carbonyl (C=O) groups is 1. The van der Waals surface area contributed by atoms with Gasteiger partial charge in [0.25, 0.3) is 5.91 Å². The summed E-state index contributed by atoms with van der Waals surface area (Å²) in [4.78, 5) is 15.2. The number of hydrogen-bond acceptors (Lipinski definition) is 5. The Balaban J connectivity index is 1.37. The molecule has 1 amide bonds. The van der Waals surface area contributed by atoms with Crippen LogP contribution in [0.25, 0.3) is 11.1 Å². The second-order valence-electron chi connectivity index (χ2n) is 8.04. The van der Waals surface area contributed by atoms with E-state index in [4.69, 9.17) is 14.2 Å². The third kappa shape index (κ3) is 5.12. The van der Waals surface area contributed by atoms with Crippen LogP contribution in [0.5, 0.6) is 17.2 Å². The van der Waals surface area contributed by atoms with Crippen molar-refractivity contribution in [3.63, 3.8) is 0 Å². The van der Waals surface area contributed by atoms with Crippen LogP contribution in [0.15, 0.2) is 60.7 Å². The van der Waals surface area contributed by atoms with E-state index < -0.39 is 0 Å². The lowest BCUT2D eigenvalue weighted by Crippen LogP contribution is -2.37. The van der Waals surface area contributed by atoms with Gasteiger partial charge in [0, 0.05) is 37.3 Å². The van der Waals surface area contributed by atoms with Crippen molar-refractivity contribution in [1.82, 2.24) is 10.2 Å². The summed E-state index contributed by atoms with van der Waals surface area (Å²) in [5.74, 6) is 2.18. The van der Waals surface area contributed by atoms with Gasteiger partial charge in [0.15, 0.2) is 11.5 Å². The molecular formula is C27H30N2O4. The maximum absolute atomic E-state index is 12.8. The number of benzene rings is 3. The second-order valence-corrected chi connectivity index (χ2v) is 8.04. The Bertz CT molecular complexity index is 1110. The number of nitrogens with zero attached hydrogens (tertiary/aromatic N) is 1. The molecule has 0 spiro atoms. The van der Waals surface area contributed by atoms with Gasteiger partial charge in [0.1, 0.15) is 5.75 Å². The lowest BCUT2D eigenvalue weighted by Gasteiger charge is -2.29. The third-order valence-electron chi connectivity index (χ3n) is 6.06. The molecule has 0 aromatic heterocycles. The van der Waals surface area contributed by atoms with Gasteiger partial charge in [-0.05, 0) is 53.4 Å². The maximum atomic E-state index is 12.8. The molecule has 0 aliphatic carbocycles. The van der Waals surface area contributed by atoms with E-state index in [0.717, 1.165) is 54.4 Å². The Labute approximate surface area is 195 Å². The molecule has 6 heteroatoms. The average molecular weight is 447 g/mol. The molecular weight excluding hydrogens is 416 g/mol. The summed E-state index contributed by atoms with van der Waals surface area (Å²) >= 11 is 0. The molecule has 0 radical (unpaired) electrons. The van der Waals surface area contributed by atoms with Crippen LogP contribution < -0.4 is 19.5 Å². The van der Waals surface area contributed by atoms with Gasteiger partial charge in [-0.3, -0.25) is 9.69 Å². The molecule has 0 fully saturated rings. The summed E-state index contributed by atoms with van der Waals surface area (Å²) in [6.07, 6.45) is 0.947. The molecule has 1 aliphatic heterocycles. The van der Waals surface area contributed by atoms with E-state index in [1.54, 1.807) is 27.4 Å².